The Morgan fingerprint density at radius 3 is 2.41 bits per heavy atom. The molecule has 2 aliphatic heterocycles. The van der Waals surface area contributed by atoms with Crippen molar-refractivity contribution in [2.75, 3.05) is 57.9 Å². The van der Waals surface area contributed by atoms with Crippen molar-refractivity contribution in [1.82, 2.24) is 10.2 Å². The van der Waals surface area contributed by atoms with Crippen LogP contribution in [0.2, 0.25) is 0 Å². The number of benzene rings is 2. The zero-order valence-corrected chi connectivity index (χ0v) is 21.3. The Hall–Kier alpha value is -2.36. The van der Waals surface area contributed by atoms with Gasteiger partial charge < -0.3 is 29.7 Å². The van der Waals surface area contributed by atoms with Gasteiger partial charge in [0.25, 0.3) is 0 Å². The molecule has 4 rings (SSSR count). The number of para-hydroxylation sites is 2. The van der Waals surface area contributed by atoms with E-state index in [1.807, 2.05) is 31.3 Å². The number of rotatable bonds is 4. The van der Waals surface area contributed by atoms with Gasteiger partial charge in [-0.3, -0.25) is 4.99 Å². The highest BCUT2D eigenvalue weighted by Gasteiger charge is 2.26. The molecular formula is C24H33IN4O3. The standard InChI is InChI=1S/C24H32N4O3.HI/c1-24(2,18-8-9-21-22(16-18)31-15-14-30-21)17-26-23(25-3)28-12-10-27(11-13-28)19-6-4-5-7-20(19)29;/h4-9,16,29H,10-15,17H2,1-3H3,(H,25,26);1H. The number of guanidine groups is 1. The molecule has 2 aromatic rings. The Kier molecular flexibility index (Phi) is 7.97. The zero-order chi connectivity index (χ0) is 21.8. The molecule has 0 saturated carbocycles. The molecule has 8 heteroatoms. The van der Waals surface area contributed by atoms with Gasteiger partial charge in [0.05, 0.1) is 5.69 Å². The zero-order valence-electron chi connectivity index (χ0n) is 19.0. The van der Waals surface area contributed by atoms with E-state index in [1.165, 1.54) is 5.56 Å². The first-order valence-electron chi connectivity index (χ1n) is 10.9. The van der Waals surface area contributed by atoms with Crippen LogP contribution >= 0.6 is 24.0 Å². The van der Waals surface area contributed by atoms with Crippen LogP contribution in [-0.4, -0.2) is 69.0 Å². The molecule has 2 N–H and O–H groups in total. The maximum Gasteiger partial charge on any atom is 0.193 e. The highest BCUT2D eigenvalue weighted by molar-refractivity contribution is 14.0. The molecule has 1 fully saturated rings. The van der Waals surface area contributed by atoms with Gasteiger partial charge in [-0.25, -0.2) is 0 Å². The van der Waals surface area contributed by atoms with Gasteiger partial charge in [-0.05, 0) is 29.8 Å². The summed E-state index contributed by atoms with van der Waals surface area (Å²) in [6, 6.07) is 13.7. The van der Waals surface area contributed by atoms with Crippen molar-refractivity contribution in [2.24, 2.45) is 4.99 Å². The van der Waals surface area contributed by atoms with Crippen molar-refractivity contribution in [3.63, 3.8) is 0 Å². The number of hydrogen-bond acceptors (Lipinski definition) is 5. The highest BCUT2D eigenvalue weighted by Crippen LogP contribution is 2.35. The molecule has 0 spiro atoms. The molecule has 2 aromatic carbocycles. The van der Waals surface area contributed by atoms with Crippen molar-refractivity contribution in [3.8, 4) is 17.2 Å². The van der Waals surface area contributed by atoms with Crippen molar-refractivity contribution in [2.45, 2.75) is 19.3 Å². The quantitative estimate of drug-likeness (QED) is 0.344. The highest BCUT2D eigenvalue weighted by atomic mass is 127. The minimum atomic E-state index is -0.108. The number of ether oxygens (including phenoxy) is 2. The van der Waals surface area contributed by atoms with E-state index in [0.29, 0.717) is 19.0 Å². The predicted octanol–water partition coefficient (Wildman–Crippen LogP) is 3.46. The summed E-state index contributed by atoms with van der Waals surface area (Å²) in [4.78, 5) is 9.01. The lowest BCUT2D eigenvalue weighted by molar-refractivity contribution is 0.171. The van der Waals surface area contributed by atoms with E-state index in [2.05, 4.69) is 46.1 Å². The number of phenols is 1. The lowest BCUT2D eigenvalue weighted by Gasteiger charge is -2.38. The monoisotopic (exact) mass is 552 g/mol. The topological polar surface area (TPSA) is 69.6 Å². The second kappa shape index (κ2) is 10.5. The van der Waals surface area contributed by atoms with E-state index in [-0.39, 0.29) is 29.4 Å². The van der Waals surface area contributed by atoms with E-state index >= 15 is 0 Å². The summed E-state index contributed by atoms with van der Waals surface area (Å²) < 4.78 is 11.4. The molecule has 0 atom stereocenters. The molecule has 0 radical (unpaired) electrons. The van der Waals surface area contributed by atoms with Gasteiger partial charge in [0.15, 0.2) is 17.5 Å². The third-order valence-electron chi connectivity index (χ3n) is 6.03. The summed E-state index contributed by atoms with van der Waals surface area (Å²) in [6.45, 7) is 9.74. The smallest absolute Gasteiger partial charge is 0.193 e. The number of hydrogen-bond donors (Lipinski definition) is 2. The number of aliphatic imine (C=N–C) groups is 1. The van der Waals surface area contributed by atoms with Crippen LogP contribution in [0.1, 0.15) is 19.4 Å². The van der Waals surface area contributed by atoms with Crippen LogP contribution in [0.4, 0.5) is 5.69 Å². The predicted molar refractivity (Wildman–Crippen MR) is 139 cm³/mol. The molecule has 0 unspecified atom stereocenters. The first kappa shape index (κ1) is 24.3. The second-order valence-corrected chi connectivity index (χ2v) is 8.61. The lowest BCUT2D eigenvalue weighted by atomic mass is 9.84. The number of halogens is 1. The first-order valence-corrected chi connectivity index (χ1v) is 10.9. The maximum atomic E-state index is 10.1. The molecule has 1 saturated heterocycles. The molecule has 174 valence electrons. The summed E-state index contributed by atoms with van der Waals surface area (Å²) in [5.41, 5.74) is 1.98. The van der Waals surface area contributed by atoms with Crippen LogP contribution in [0, 0.1) is 0 Å². The molecule has 0 amide bonds. The maximum absolute atomic E-state index is 10.1. The summed E-state index contributed by atoms with van der Waals surface area (Å²) in [7, 11) is 1.83. The molecular weight excluding hydrogens is 519 g/mol. The fourth-order valence-corrected chi connectivity index (χ4v) is 4.09. The molecule has 2 heterocycles. The van der Waals surface area contributed by atoms with Crippen molar-refractivity contribution < 1.29 is 14.6 Å². The minimum Gasteiger partial charge on any atom is -0.506 e. The van der Waals surface area contributed by atoms with Gasteiger partial charge in [0.1, 0.15) is 19.0 Å². The third-order valence-corrected chi connectivity index (χ3v) is 6.03. The number of aromatic hydroxyl groups is 1. The molecule has 7 nitrogen and oxygen atoms in total. The second-order valence-electron chi connectivity index (χ2n) is 8.61. The first-order chi connectivity index (χ1) is 15.0. The third kappa shape index (κ3) is 5.33. The van der Waals surface area contributed by atoms with Gasteiger partial charge in [-0.1, -0.05) is 32.0 Å². The van der Waals surface area contributed by atoms with E-state index < -0.39 is 0 Å². The summed E-state index contributed by atoms with van der Waals surface area (Å²) in [5, 5.41) is 13.7. The van der Waals surface area contributed by atoms with Crippen LogP contribution in [0.5, 0.6) is 17.2 Å². The Morgan fingerprint density at radius 1 is 1.03 bits per heavy atom. The average molecular weight is 552 g/mol. The van der Waals surface area contributed by atoms with Gasteiger partial charge in [0.2, 0.25) is 0 Å². The van der Waals surface area contributed by atoms with Crippen LogP contribution < -0.4 is 19.7 Å². The molecule has 0 aliphatic carbocycles. The molecule has 2 aliphatic rings. The number of nitrogens with one attached hydrogen (secondary N) is 1. The van der Waals surface area contributed by atoms with Crippen LogP contribution in [-0.2, 0) is 5.41 Å². The number of piperazine rings is 1. The minimum absolute atomic E-state index is 0. The number of fused-ring (bicyclic) bond motifs is 1. The van der Waals surface area contributed by atoms with Crippen molar-refractivity contribution >= 4 is 35.6 Å². The molecule has 32 heavy (non-hydrogen) atoms. The number of anilines is 1. The van der Waals surface area contributed by atoms with E-state index in [4.69, 9.17) is 9.47 Å². The summed E-state index contributed by atoms with van der Waals surface area (Å²) in [5.74, 6) is 2.88. The Balaban J connectivity index is 0.00000289. The lowest BCUT2D eigenvalue weighted by Crippen LogP contribution is -2.54. The largest absolute Gasteiger partial charge is 0.506 e. The Morgan fingerprint density at radius 2 is 1.72 bits per heavy atom. The fourth-order valence-electron chi connectivity index (χ4n) is 4.09. The average Bonchev–Trinajstić information content (AvgIpc) is 2.80. The summed E-state index contributed by atoms with van der Waals surface area (Å²) >= 11 is 0. The van der Waals surface area contributed by atoms with Crippen LogP contribution in [0.25, 0.3) is 0 Å². The van der Waals surface area contributed by atoms with Gasteiger partial charge in [-0.15, -0.1) is 24.0 Å². The van der Waals surface area contributed by atoms with Gasteiger partial charge in [-0.2, -0.15) is 0 Å². The fraction of sp³-hybridized carbons (Fsp3) is 0.458. The normalized spacial score (nSPS) is 16.4. The van der Waals surface area contributed by atoms with Crippen molar-refractivity contribution in [1.29, 1.82) is 0 Å². The molecule has 0 bridgehead atoms. The van der Waals surface area contributed by atoms with Crippen LogP contribution in [0.15, 0.2) is 47.5 Å². The van der Waals surface area contributed by atoms with E-state index in [1.54, 1.807) is 6.07 Å². The SMILES string of the molecule is CN=C(NCC(C)(C)c1ccc2c(c1)OCCO2)N1CCN(c2ccccc2O)CC1.I. The number of phenolic OH excluding ortho intramolecular Hbond substituents is 1. The van der Waals surface area contributed by atoms with Gasteiger partial charge >= 0.3 is 0 Å². The van der Waals surface area contributed by atoms with Crippen LogP contribution in [0.3, 0.4) is 0 Å². The van der Waals surface area contributed by atoms with E-state index in [9.17, 15) is 5.11 Å². The van der Waals surface area contributed by atoms with Gasteiger partial charge in [0, 0.05) is 45.2 Å². The Labute approximate surface area is 207 Å². The van der Waals surface area contributed by atoms with Crippen molar-refractivity contribution in [3.05, 3.63) is 48.0 Å². The summed E-state index contributed by atoms with van der Waals surface area (Å²) in [6.07, 6.45) is 0. The Bertz CT molecular complexity index is 943. The number of nitrogens with zero attached hydrogens (tertiary/aromatic N) is 3. The molecule has 0 aromatic heterocycles. The van der Waals surface area contributed by atoms with E-state index in [0.717, 1.165) is 55.9 Å².